The van der Waals surface area contributed by atoms with Gasteiger partial charge in [-0.25, -0.2) is 9.18 Å². The van der Waals surface area contributed by atoms with Gasteiger partial charge in [0.2, 0.25) is 0 Å². The number of aliphatic hydroxyl groups excluding tert-OH is 1. The quantitative estimate of drug-likeness (QED) is 0.567. The molecule has 2 amide bonds. The number of ether oxygens (including phenoxy) is 2. The lowest BCUT2D eigenvalue weighted by Gasteiger charge is -2.45. The third kappa shape index (κ3) is 6.34. The zero-order valence-electron chi connectivity index (χ0n) is 19.9. The van der Waals surface area contributed by atoms with Crippen LogP contribution in [0.15, 0.2) is 48.5 Å². The number of amides is 2. The Morgan fingerprint density at radius 2 is 1.71 bits per heavy atom. The minimum absolute atomic E-state index is 0.00644. The zero-order valence-corrected chi connectivity index (χ0v) is 19.9. The lowest BCUT2D eigenvalue weighted by Crippen LogP contribution is -2.59. The van der Waals surface area contributed by atoms with Gasteiger partial charge < -0.3 is 25.2 Å². The number of hydrogen-bond acceptors (Lipinski definition) is 4. The largest absolute Gasteiger partial charge is 0.394 e. The van der Waals surface area contributed by atoms with Crippen LogP contribution >= 0.6 is 0 Å². The van der Waals surface area contributed by atoms with Crippen LogP contribution in [-0.4, -0.2) is 54.2 Å². The van der Waals surface area contributed by atoms with Crippen LogP contribution < -0.4 is 10.6 Å². The molecule has 0 spiro atoms. The van der Waals surface area contributed by atoms with Crippen LogP contribution in [0, 0.1) is 5.82 Å². The van der Waals surface area contributed by atoms with Gasteiger partial charge in [-0.2, -0.15) is 0 Å². The molecule has 0 aromatic heterocycles. The molecule has 34 heavy (non-hydrogen) atoms. The van der Waals surface area contributed by atoms with Crippen LogP contribution in [0.4, 0.5) is 9.18 Å². The third-order valence-corrected chi connectivity index (χ3v) is 6.63. The van der Waals surface area contributed by atoms with Gasteiger partial charge in [0.05, 0.1) is 37.1 Å². The Kier molecular flexibility index (Phi) is 8.19. The highest BCUT2D eigenvalue weighted by Gasteiger charge is 2.42. The van der Waals surface area contributed by atoms with Crippen molar-refractivity contribution < 1.29 is 23.8 Å². The normalized spacial score (nSPS) is 26.7. The van der Waals surface area contributed by atoms with Crippen LogP contribution in [0.25, 0.3) is 11.1 Å². The molecule has 2 aromatic carbocycles. The van der Waals surface area contributed by atoms with Crippen molar-refractivity contribution in [1.29, 1.82) is 0 Å². The van der Waals surface area contributed by atoms with Crippen LogP contribution in [0.3, 0.4) is 0 Å². The molecule has 2 aliphatic rings. The van der Waals surface area contributed by atoms with Crippen molar-refractivity contribution in [1.82, 2.24) is 10.6 Å². The number of aliphatic hydroxyl groups is 1. The van der Waals surface area contributed by atoms with E-state index in [2.05, 4.69) is 34.9 Å². The van der Waals surface area contributed by atoms with Crippen molar-refractivity contribution in [3.63, 3.8) is 0 Å². The highest BCUT2D eigenvalue weighted by atomic mass is 19.1. The van der Waals surface area contributed by atoms with Gasteiger partial charge >= 0.3 is 6.03 Å². The summed E-state index contributed by atoms with van der Waals surface area (Å²) in [7, 11) is 0. The number of carbonyl (C=O) groups excluding carboxylic acids is 1. The topological polar surface area (TPSA) is 79.8 Å². The first kappa shape index (κ1) is 24.6. The minimum atomic E-state index is -0.240. The van der Waals surface area contributed by atoms with E-state index < -0.39 is 0 Å². The molecule has 5 atom stereocenters. The third-order valence-electron chi connectivity index (χ3n) is 6.63. The van der Waals surface area contributed by atoms with Crippen molar-refractivity contribution in [3.05, 3.63) is 59.9 Å². The maximum absolute atomic E-state index is 13.2. The summed E-state index contributed by atoms with van der Waals surface area (Å²) in [6, 6.07) is 14.5. The Bertz CT molecular complexity index is 935. The van der Waals surface area contributed by atoms with Gasteiger partial charge in [0, 0.05) is 6.04 Å². The monoisotopic (exact) mass is 470 g/mol. The van der Waals surface area contributed by atoms with Gasteiger partial charge in [0.25, 0.3) is 0 Å². The number of hydrogen-bond donors (Lipinski definition) is 3. The number of urea groups is 1. The van der Waals surface area contributed by atoms with E-state index in [0.717, 1.165) is 36.8 Å². The van der Waals surface area contributed by atoms with E-state index in [4.69, 9.17) is 9.47 Å². The van der Waals surface area contributed by atoms with Gasteiger partial charge in [-0.05, 0) is 74.8 Å². The van der Waals surface area contributed by atoms with Crippen molar-refractivity contribution in [2.45, 2.75) is 82.5 Å². The second-order valence-electron chi connectivity index (χ2n) is 9.63. The summed E-state index contributed by atoms with van der Waals surface area (Å²) in [4.78, 5) is 12.4. The van der Waals surface area contributed by atoms with E-state index in [9.17, 15) is 14.3 Å². The molecule has 184 valence electrons. The molecule has 0 radical (unpaired) electrons. The van der Waals surface area contributed by atoms with Crippen molar-refractivity contribution in [3.8, 4) is 11.1 Å². The van der Waals surface area contributed by atoms with Crippen LogP contribution in [0.1, 0.15) is 45.1 Å². The highest BCUT2D eigenvalue weighted by molar-refractivity contribution is 5.74. The molecule has 6 nitrogen and oxygen atoms in total. The maximum atomic E-state index is 13.2. The van der Waals surface area contributed by atoms with Crippen molar-refractivity contribution >= 4 is 6.03 Å². The van der Waals surface area contributed by atoms with E-state index in [1.54, 1.807) is 12.1 Å². The number of nitrogens with one attached hydrogen (secondary N) is 2. The standard InChI is InChI=1S/C27H35FN2O4/c1-17(2)29-27(32)30-23-15-26-25(14-12-22(16-31)33-26)34-24(23)13-5-18-3-6-19(7-4-18)20-8-10-21(28)11-9-20/h3-4,6-11,17,22-26,31H,5,12-16H2,1-2H3,(H2,29,30,32)/t22-,23+,24-,25+,26+/m1/s1. The summed E-state index contributed by atoms with van der Waals surface area (Å²) < 4.78 is 25.7. The van der Waals surface area contributed by atoms with Crippen LogP contribution in [-0.2, 0) is 15.9 Å². The molecule has 0 bridgehead atoms. The Morgan fingerprint density at radius 1 is 1.03 bits per heavy atom. The number of fused-ring (bicyclic) bond motifs is 1. The average molecular weight is 471 g/mol. The van der Waals surface area contributed by atoms with Gasteiger partial charge in [-0.1, -0.05) is 36.4 Å². The summed E-state index contributed by atoms with van der Waals surface area (Å²) in [6.07, 6.45) is 3.47. The van der Waals surface area contributed by atoms with Crippen LogP contribution in [0.5, 0.6) is 0 Å². The first-order valence-electron chi connectivity index (χ1n) is 12.2. The smallest absolute Gasteiger partial charge is 0.315 e. The Hall–Kier alpha value is -2.48. The molecular weight excluding hydrogens is 435 g/mol. The SMILES string of the molecule is CC(C)NC(=O)N[C@H]1C[C@@H]2O[C@@H](CO)CC[C@@H]2O[C@@H]1CCc1ccc(-c2ccc(F)cc2)cc1. The molecule has 2 fully saturated rings. The number of halogens is 1. The number of aryl methyl sites for hydroxylation is 1. The predicted octanol–water partition coefficient (Wildman–Crippen LogP) is 4.20. The fraction of sp³-hybridized carbons (Fsp3) is 0.519. The lowest BCUT2D eigenvalue weighted by atomic mass is 9.88. The second-order valence-corrected chi connectivity index (χ2v) is 9.63. The molecule has 2 saturated heterocycles. The van der Waals surface area contributed by atoms with Crippen molar-refractivity contribution in [2.75, 3.05) is 6.61 Å². The molecule has 2 aliphatic heterocycles. The summed E-state index contributed by atoms with van der Waals surface area (Å²) >= 11 is 0. The number of rotatable bonds is 7. The Morgan fingerprint density at radius 3 is 2.35 bits per heavy atom. The molecule has 2 heterocycles. The summed E-state index contributed by atoms with van der Waals surface area (Å²) in [5, 5.41) is 15.5. The molecular formula is C27H35FN2O4. The number of benzene rings is 2. The molecule has 7 heteroatoms. The van der Waals surface area contributed by atoms with Gasteiger partial charge in [0.15, 0.2) is 0 Å². The van der Waals surface area contributed by atoms with Crippen LogP contribution in [0.2, 0.25) is 0 Å². The fourth-order valence-corrected chi connectivity index (χ4v) is 4.87. The predicted molar refractivity (Wildman–Crippen MR) is 129 cm³/mol. The van der Waals surface area contributed by atoms with Gasteiger partial charge in [0.1, 0.15) is 5.82 Å². The first-order chi connectivity index (χ1) is 16.4. The Labute approximate surface area is 200 Å². The second kappa shape index (κ2) is 11.3. The van der Waals surface area contributed by atoms with E-state index in [1.807, 2.05) is 13.8 Å². The van der Waals surface area contributed by atoms with E-state index in [1.165, 1.54) is 17.7 Å². The maximum Gasteiger partial charge on any atom is 0.315 e. The van der Waals surface area contributed by atoms with E-state index >= 15 is 0 Å². The van der Waals surface area contributed by atoms with Crippen molar-refractivity contribution in [2.24, 2.45) is 0 Å². The molecule has 0 unspecified atom stereocenters. The zero-order chi connectivity index (χ0) is 24.1. The molecule has 0 aliphatic carbocycles. The Balaban J connectivity index is 1.40. The summed E-state index contributed by atoms with van der Waals surface area (Å²) in [5.74, 6) is -0.240. The number of carbonyl (C=O) groups is 1. The van der Waals surface area contributed by atoms with E-state index in [-0.39, 0.29) is 55.0 Å². The average Bonchev–Trinajstić information content (AvgIpc) is 2.82. The summed E-state index contributed by atoms with van der Waals surface area (Å²) in [5.41, 5.74) is 3.21. The lowest BCUT2D eigenvalue weighted by molar-refractivity contribution is -0.201. The van der Waals surface area contributed by atoms with Gasteiger partial charge in [-0.15, -0.1) is 0 Å². The highest BCUT2D eigenvalue weighted by Crippen LogP contribution is 2.33. The molecule has 3 N–H and O–H groups in total. The fourth-order valence-electron chi connectivity index (χ4n) is 4.87. The minimum Gasteiger partial charge on any atom is -0.394 e. The molecule has 0 saturated carbocycles. The first-order valence-corrected chi connectivity index (χ1v) is 12.2. The van der Waals surface area contributed by atoms with E-state index in [0.29, 0.717) is 6.42 Å². The summed E-state index contributed by atoms with van der Waals surface area (Å²) in [6.45, 7) is 3.86. The van der Waals surface area contributed by atoms with Gasteiger partial charge in [-0.3, -0.25) is 0 Å². The molecule has 2 aromatic rings. The molecule has 4 rings (SSSR count).